The van der Waals surface area contributed by atoms with Crippen LogP contribution in [0.3, 0.4) is 0 Å². The Labute approximate surface area is 125 Å². The molecule has 3 nitrogen and oxygen atoms in total. The molecule has 0 atom stereocenters. The monoisotopic (exact) mass is 282 g/mol. The molecule has 1 saturated heterocycles. The summed E-state index contributed by atoms with van der Waals surface area (Å²) in [6.45, 7) is 8.43. The van der Waals surface area contributed by atoms with Crippen molar-refractivity contribution in [1.29, 1.82) is 0 Å². The Morgan fingerprint density at radius 2 is 1.85 bits per heavy atom. The molecule has 1 aliphatic carbocycles. The summed E-state index contributed by atoms with van der Waals surface area (Å²) in [5.74, 6) is 0. The lowest BCUT2D eigenvalue weighted by Gasteiger charge is -2.43. The van der Waals surface area contributed by atoms with Crippen LogP contribution in [0.1, 0.15) is 58.3 Å². The summed E-state index contributed by atoms with van der Waals surface area (Å²) in [7, 11) is 1.86. The van der Waals surface area contributed by atoms with E-state index >= 15 is 0 Å². The van der Waals surface area contributed by atoms with E-state index in [1.165, 1.54) is 84.1 Å². The third-order valence-corrected chi connectivity index (χ3v) is 5.27. The molecule has 0 aromatic rings. The van der Waals surface area contributed by atoms with E-state index in [9.17, 15) is 0 Å². The van der Waals surface area contributed by atoms with Crippen molar-refractivity contribution in [3.05, 3.63) is 0 Å². The first kappa shape index (κ1) is 16.3. The minimum atomic E-state index is 0.506. The predicted octanol–water partition coefficient (Wildman–Crippen LogP) is 3.05. The van der Waals surface area contributed by atoms with E-state index in [2.05, 4.69) is 17.1 Å². The van der Waals surface area contributed by atoms with E-state index < -0.39 is 0 Å². The fraction of sp³-hybridized carbons (Fsp3) is 1.00. The standard InChI is InChI=1S/C17H34N2O/c1-3-11-18-14-17(9-5-4-6-10-17)15-19-12-7-16(20-2)8-13-19/h16,18H,3-15H2,1-2H3. The van der Waals surface area contributed by atoms with Gasteiger partial charge in [-0.15, -0.1) is 0 Å². The third kappa shape index (κ3) is 4.71. The summed E-state index contributed by atoms with van der Waals surface area (Å²) in [6.07, 6.45) is 11.3. The van der Waals surface area contributed by atoms with Crippen LogP contribution >= 0.6 is 0 Å². The SMILES string of the molecule is CCCNCC1(CN2CCC(OC)CC2)CCCCC1. The number of ether oxygens (including phenoxy) is 1. The Morgan fingerprint density at radius 1 is 1.15 bits per heavy atom. The molecule has 118 valence electrons. The average molecular weight is 282 g/mol. The lowest BCUT2D eigenvalue weighted by atomic mass is 9.73. The van der Waals surface area contributed by atoms with Gasteiger partial charge in [-0.25, -0.2) is 0 Å². The van der Waals surface area contributed by atoms with Crippen molar-refractivity contribution < 1.29 is 4.74 Å². The van der Waals surface area contributed by atoms with Gasteiger partial charge in [0, 0.05) is 33.3 Å². The van der Waals surface area contributed by atoms with Crippen molar-refractivity contribution in [3.8, 4) is 0 Å². The normalized spacial score (nSPS) is 24.9. The lowest BCUT2D eigenvalue weighted by Crippen LogP contribution is -2.48. The van der Waals surface area contributed by atoms with Gasteiger partial charge >= 0.3 is 0 Å². The summed E-state index contributed by atoms with van der Waals surface area (Å²) >= 11 is 0. The molecule has 2 rings (SSSR count). The number of nitrogens with one attached hydrogen (secondary N) is 1. The Balaban J connectivity index is 1.83. The van der Waals surface area contributed by atoms with Crippen molar-refractivity contribution in [2.24, 2.45) is 5.41 Å². The fourth-order valence-corrected chi connectivity index (χ4v) is 4.00. The zero-order valence-electron chi connectivity index (χ0n) is 13.6. The maximum atomic E-state index is 5.50. The predicted molar refractivity (Wildman–Crippen MR) is 85.1 cm³/mol. The molecule has 1 saturated carbocycles. The molecule has 0 unspecified atom stereocenters. The molecule has 0 radical (unpaired) electrons. The second-order valence-corrected chi connectivity index (χ2v) is 6.95. The highest BCUT2D eigenvalue weighted by atomic mass is 16.5. The second-order valence-electron chi connectivity index (χ2n) is 6.95. The minimum Gasteiger partial charge on any atom is -0.381 e. The van der Waals surface area contributed by atoms with Crippen molar-refractivity contribution in [1.82, 2.24) is 10.2 Å². The van der Waals surface area contributed by atoms with E-state index in [-0.39, 0.29) is 0 Å². The fourth-order valence-electron chi connectivity index (χ4n) is 4.00. The van der Waals surface area contributed by atoms with Gasteiger partial charge in [-0.05, 0) is 44.1 Å². The molecular formula is C17H34N2O. The number of hydrogen-bond acceptors (Lipinski definition) is 3. The lowest BCUT2D eigenvalue weighted by molar-refractivity contribution is 0.0187. The molecule has 1 aliphatic heterocycles. The van der Waals surface area contributed by atoms with E-state index in [4.69, 9.17) is 4.74 Å². The van der Waals surface area contributed by atoms with Crippen LogP contribution in [-0.2, 0) is 4.74 Å². The minimum absolute atomic E-state index is 0.506. The highest BCUT2D eigenvalue weighted by Gasteiger charge is 2.34. The van der Waals surface area contributed by atoms with Crippen molar-refractivity contribution in [2.75, 3.05) is 39.8 Å². The van der Waals surface area contributed by atoms with Gasteiger partial charge in [0.15, 0.2) is 0 Å². The number of rotatable bonds is 7. The molecule has 0 spiro atoms. The average Bonchev–Trinajstić information content (AvgIpc) is 2.49. The molecule has 1 N–H and O–H groups in total. The molecule has 2 aliphatic rings. The number of likely N-dealkylation sites (tertiary alicyclic amines) is 1. The summed E-state index contributed by atoms with van der Waals surface area (Å²) in [5.41, 5.74) is 0.549. The number of hydrogen-bond donors (Lipinski definition) is 1. The molecule has 2 fully saturated rings. The molecule has 1 heterocycles. The van der Waals surface area contributed by atoms with E-state index in [1.807, 2.05) is 7.11 Å². The Hall–Kier alpha value is -0.120. The van der Waals surface area contributed by atoms with E-state index in [1.54, 1.807) is 0 Å². The van der Waals surface area contributed by atoms with Gasteiger partial charge in [-0.1, -0.05) is 26.2 Å². The van der Waals surface area contributed by atoms with Crippen LogP contribution in [0.5, 0.6) is 0 Å². The molecule has 0 aromatic carbocycles. The first-order chi connectivity index (χ1) is 9.78. The van der Waals surface area contributed by atoms with Crippen molar-refractivity contribution in [3.63, 3.8) is 0 Å². The third-order valence-electron chi connectivity index (χ3n) is 5.27. The molecule has 3 heteroatoms. The van der Waals surface area contributed by atoms with Gasteiger partial charge in [0.05, 0.1) is 6.10 Å². The van der Waals surface area contributed by atoms with Gasteiger partial charge in [0.2, 0.25) is 0 Å². The van der Waals surface area contributed by atoms with E-state index in [0.717, 1.165) is 0 Å². The maximum absolute atomic E-state index is 5.50. The zero-order chi connectivity index (χ0) is 14.3. The Morgan fingerprint density at radius 3 is 2.45 bits per heavy atom. The van der Waals surface area contributed by atoms with Crippen LogP contribution in [0.2, 0.25) is 0 Å². The highest BCUT2D eigenvalue weighted by Crippen LogP contribution is 2.37. The topological polar surface area (TPSA) is 24.5 Å². The molecular weight excluding hydrogens is 248 g/mol. The Bertz CT molecular complexity index is 256. The number of nitrogens with zero attached hydrogens (tertiary/aromatic N) is 1. The summed E-state index contributed by atoms with van der Waals surface area (Å²) in [5, 5.41) is 3.70. The van der Waals surface area contributed by atoms with Gasteiger partial charge in [-0.2, -0.15) is 0 Å². The summed E-state index contributed by atoms with van der Waals surface area (Å²) in [4.78, 5) is 2.70. The quantitative estimate of drug-likeness (QED) is 0.726. The van der Waals surface area contributed by atoms with Crippen LogP contribution in [0, 0.1) is 5.41 Å². The second kappa shape index (κ2) is 8.35. The van der Waals surface area contributed by atoms with Crippen molar-refractivity contribution in [2.45, 2.75) is 64.4 Å². The number of piperidine rings is 1. The van der Waals surface area contributed by atoms with Gasteiger partial charge in [0.1, 0.15) is 0 Å². The van der Waals surface area contributed by atoms with Crippen LogP contribution < -0.4 is 5.32 Å². The van der Waals surface area contributed by atoms with Crippen LogP contribution in [0.4, 0.5) is 0 Å². The van der Waals surface area contributed by atoms with Gasteiger partial charge in [0.25, 0.3) is 0 Å². The molecule has 20 heavy (non-hydrogen) atoms. The Kier molecular flexibility index (Phi) is 6.79. The highest BCUT2D eigenvalue weighted by molar-refractivity contribution is 4.89. The first-order valence-corrected chi connectivity index (χ1v) is 8.74. The number of methoxy groups -OCH3 is 1. The first-order valence-electron chi connectivity index (χ1n) is 8.74. The smallest absolute Gasteiger partial charge is 0.0595 e. The zero-order valence-corrected chi connectivity index (χ0v) is 13.6. The molecule has 0 amide bonds. The van der Waals surface area contributed by atoms with E-state index in [0.29, 0.717) is 11.5 Å². The largest absolute Gasteiger partial charge is 0.381 e. The maximum Gasteiger partial charge on any atom is 0.0595 e. The van der Waals surface area contributed by atoms with Crippen LogP contribution in [0.25, 0.3) is 0 Å². The molecule has 0 aromatic heterocycles. The van der Waals surface area contributed by atoms with Crippen molar-refractivity contribution >= 4 is 0 Å². The van der Waals surface area contributed by atoms with Crippen LogP contribution in [-0.4, -0.2) is 50.8 Å². The van der Waals surface area contributed by atoms with Gasteiger partial charge in [-0.3, -0.25) is 0 Å². The molecule has 0 bridgehead atoms. The van der Waals surface area contributed by atoms with Crippen LogP contribution in [0.15, 0.2) is 0 Å². The summed E-state index contributed by atoms with van der Waals surface area (Å²) in [6, 6.07) is 0. The van der Waals surface area contributed by atoms with Gasteiger partial charge < -0.3 is 15.0 Å². The summed E-state index contributed by atoms with van der Waals surface area (Å²) < 4.78 is 5.50.